The van der Waals surface area contributed by atoms with Gasteiger partial charge in [-0.25, -0.2) is 5.43 Å². The second-order valence-electron chi connectivity index (χ2n) is 7.36. The Labute approximate surface area is 178 Å². The van der Waals surface area contributed by atoms with Crippen LogP contribution in [-0.4, -0.2) is 34.3 Å². The topological polar surface area (TPSA) is 95.3 Å². The fourth-order valence-corrected chi connectivity index (χ4v) is 4.78. The van der Waals surface area contributed by atoms with Gasteiger partial charge in [-0.3, -0.25) is 20.4 Å². The predicted molar refractivity (Wildman–Crippen MR) is 115 cm³/mol. The normalized spacial score (nSPS) is 23.6. The summed E-state index contributed by atoms with van der Waals surface area (Å²) in [6.45, 7) is 2.63. The maximum Gasteiger partial charge on any atom is 0.237 e. The second kappa shape index (κ2) is 8.19. The number of benzene rings is 2. The molecule has 0 aliphatic carbocycles. The largest absolute Gasteiger partial charge is 0.338 e. The van der Waals surface area contributed by atoms with Crippen molar-refractivity contribution in [3.63, 3.8) is 0 Å². The molecule has 8 nitrogen and oxygen atoms in total. The Morgan fingerprint density at radius 2 is 2.07 bits per heavy atom. The Morgan fingerprint density at radius 1 is 1.20 bits per heavy atom. The first-order valence-corrected chi connectivity index (χ1v) is 10.9. The quantitative estimate of drug-likeness (QED) is 0.576. The average molecular weight is 423 g/mol. The zero-order chi connectivity index (χ0) is 20.5. The van der Waals surface area contributed by atoms with Crippen LogP contribution in [0.2, 0.25) is 0 Å². The molecule has 3 heterocycles. The fourth-order valence-electron chi connectivity index (χ4n) is 3.75. The molecule has 2 saturated heterocycles. The van der Waals surface area contributed by atoms with E-state index in [0.29, 0.717) is 24.0 Å². The lowest BCUT2D eigenvalue weighted by Crippen LogP contribution is -2.64. The first-order chi connectivity index (χ1) is 14.7. The van der Waals surface area contributed by atoms with Crippen LogP contribution in [0.25, 0.3) is 11.4 Å². The number of aryl methyl sites for hydroxylation is 1. The molecule has 2 aromatic carbocycles. The number of fused-ring (bicyclic) bond motifs is 1. The van der Waals surface area contributed by atoms with Crippen LogP contribution < -0.4 is 21.1 Å². The summed E-state index contributed by atoms with van der Waals surface area (Å²) in [5, 5.41) is 7.63. The van der Waals surface area contributed by atoms with Gasteiger partial charge in [0.05, 0.1) is 17.8 Å². The summed E-state index contributed by atoms with van der Waals surface area (Å²) in [4.78, 5) is 19.5. The number of para-hydroxylation sites is 1. The van der Waals surface area contributed by atoms with E-state index in [-0.39, 0.29) is 23.5 Å². The number of nitrogens with zero attached hydrogens (tertiary/aromatic N) is 3. The molecule has 3 aromatic rings. The Morgan fingerprint density at radius 3 is 2.90 bits per heavy atom. The van der Waals surface area contributed by atoms with Crippen molar-refractivity contribution >= 4 is 23.4 Å². The third kappa shape index (κ3) is 3.72. The van der Waals surface area contributed by atoms with E-state index in [4.69, 9.17) is 4.52 Å². The smallest absolute Gasteiger partial charge is 0.237 e. The van der Waals surface area contributed by atoms with Crippen LogP contribution in [0.1, 0.15) is 11.5 Å². The predicted octanol–water partition coefficient (Wildman–Crippen LogP) is 2.25. The Bertz CT molecular complexity index is 1040. The maximum atomic E-state index is 13.2. The molecule has 5 rings (SSSR count). The van der Waals surface area contributed by atoms with E-state index in [1.165, 1.54) is 0 Å². The van der Waals surface area contributed by atoms with Gasteiger partial charge in [-0.15, -0.1) is 11.8 Å². The summed E-state index contributed by atoms with van der Waals surface area (Å²) in [6.07, 6.45) is -0.111. The summed E-state index contributed by atoms with van der Waals surface area (Å²) in [7, 11) is 0. The van der Waals surface area contributed by atoms with Crippen LogP contribution >= 0.6 is 11.8 Å². The zero-order valence-corrected chi connectivity index (χ0v) is 17.2. The molecule has 1 aromatic heterocycles. The monoisotopic (exact) mass is 422 g/mol. The molecule has 3 atom stereocenters. The van der Waals surface area contributed by atoms with Gasteiger partial charge in [-0.1, -0.05) is 47.1 Å². The van der Waals surface area contributed by atoms with Gasteiger partial charge in [0.2, 0.25) is 17.6 Å². The van der Waals surface area contributed by atoms with E-state index in [1.54, 1.807) is 11.8 Å². The van der Waals surface area contributed by atoms with Gasteiger partial charge < -0.3 is 4.52 Å². The van der Waals surface area contributed by atoms with Crippen LogP contribution in [0.4, 0.5) is 5.69 Å². The Balaban J connectivity index is 1.34. The van der Waals surface area contributed by atoms with Crippen LogP contribution in [0.15, 0.2) is 59.1 Å². The fraction of sp³-hybridized carbons (Fsp3) is 0.286. The van der Waals surface area contributed by atoms with Gasteiger partial charge in [-0.2, -0.15) is 4.98 Å². The lowest BCUT2D eigenvalue weighted by Gasteiger charge is -2.41. The van der Waals surface area contributed by atoms with E-state index in [9.17, 15) is 4.79 Å². The molecule has 2 aliphatic heterocycles. The van der Waals surface area contributed by atoms with E-state index in [1.807, 2.05) is 66.4 Å². The number of rotatable bonds is 5. The first kappa shape index (κ1) is 19.3. The van der Waals surface area contributed by atoms with Crippen molar-refractivity contribution in [3.05, 3.63) is 66.1 Å². The third-order valence-corrected chi connectivity index (χ3v) is 6.31. The van der Waals surface area contributed by atoms with Crippen molar-refractivity contribution in [2.45, 2.75) is 24.3 Å². The number of hydrogen-bond donors (Lipinski definition) is 3. The minimum atomic E-state index is -0.261. The van der Waals surface area contributed by atoms with Gasteiger partial charge >= 0.3 is 0 Å². The van der Waals surface area contributed by atoms with Crippen molar-refractivity contribution in [3.8, 4) is 11.4 Å². The highest BCUT2D eigenvalue weighted by Gasteiger charge is 2.44. The summed E-state index contributed by atoms with van der Waals surface area (Å²) < 4.78 is 5.46. The number of hydrazine groups is 1. The van der Waals surface area contributed by atoms with E-state index in [0.717, 1.165) is 16.8 Å². The highest BCUT2D eigenvalue weighted by Crippen LogP contribution is 2.31. The summed E-state index contributed by atoms with van der Waals surface area (Å²) in [5.74, 6) is 1.52. The standard InChI is InChI=1S/C21H22N6O2S/c1-13-6-5-7-14(10-13)18-23-17(29-26-18)12-30-21-24-19-16(11-22-25-19)20(28)27(21)15-8-3-2-4-9-15/h2-10,16,19,21-22,24-25H,11-12H2,1H3. The molecule has 3 unspecified atom stereocenters. The molecule has 0 saturated carbocycles. The molecule has 0 radical (unpaired) electrons. The summed E-state index contributed by atoms with van der Waals surface area (Å²) >= 11 is 1.55. The molecule has 3 N–H and O–H groups in total. The summed E-state index contributed by atoms with van der Waals surface area (Å²) in [6, 6.07) is 17.7. The lowest BCUT2D eigenvalue weighted by molar-refractivity contribution is -0.124. The van der Waals surface area contributed by atoms with Crippen molar-refractivity contribution in [1.29, 1.82) is 0 Å². The molecule has 30 heavy (non-hydrogen) atoms. The molecule has 0 bridgehead atoms. The number of amides is 1. The number of thioether (sulfide) groups is 1. The molecule has 2 fully saturated rings. The molecule has 9 heteroatoms. The van der Waals surface area contributed by atoms with Crippen molar-refractivity contribution < 1.29 is 9.32 Å². The average Bonchev–Trinajstić information content (AvgIpc) is 3.43. The van der Waals surface area contributed by atoms with Gasteiger partial charge in [0.25, 0.3) is 0 Å². The third-order valence-electron chi connectivity index (χ3n) is 5.24. The zero-order valence-electron chi connectivity index (χ0n) is 16.4. The number of carbonyl (C=O) groups excluding carboxylic acids is 1. The van der Waals surface area contributed by atoms with Crippen LogP contribution in [-0.2, 0) is 10.5 Å². The number of nitrogens with one attached hydrogen (secondary N) is 3. The second-order valence-corrected chi connectivity index (χ2v) is 8.43. The van der Waals surface area contributed by atoms with Gasteiger partial charge in [0, 0.05) is 17.8 Å². The highest BCUT2D eigenvalue weighted by atomic mass is 32.2. The molecule has 154 valence electrons. The highest BCUT2D eigenvalue weighted by molar-refractivity contribution is 7.99. The first-order valence-electron chi connectivity index (χ1n) is 9.83. The van der Waals surface area contributed by atoms with Crippen LogP contribution in [0.5, 0.6) is 0 Å². The van der Waals surface area contributed by atoms with Crippen LogP contribution in [0, 0.1) is 12.8 Å². The van der Waals surface area contributed by atoms with Crippen molar-refractivity contribution in [2.75, 3.05) is 11.4 Å². The van der Waals surface area contributed by atoms with Gasteiger partial charge in [-0.05, 0) is 25.1 Å². The molecule has 1 amide bonds. The molecular formula is C21H22N6O2S. The van der Waals surface area contributed by atoms with E-state index < -0.39 is 0 Å². The minimum Gasteiger partial charge on any atom is -0.338 e. The Hall–Kier alpha value is -2.72. The van der Waals surface area contributed by atoms with Gasteiger partial charge in [0.1, 0.15) is 5.50 Å². The number of aromatic nitrogens is 2. The number of anilines is 1. The number of carbonyl (C=O) groups is 1. The minimum absolute atomic E-state index is 0.0888. The van der Waals surface area contributed by atoms with E-state index >= 15 is 0 Å². The SMILES string of the molecule is Cc1cccc(-c2noc(CSC3NC4NNCC4C(=O)N3c3ccccc3)n2)c1. The lowest BCUT2D eigenvalue weighted by atomic mass is 10.0. The maximum absolute atomic E-state index is 13.2. The van der Waals surface area contributed by atoms with E-state index in [2.05, 4.69) is 26.3 Å². The van der Waals surface area contributed by atoms with Crippen molar-refractivity contribution in [1.82, 2.24) is 26.3 Å². The summed E-state index contributed by atoms with van der Waals surface area (Å²) in [5.41, 5.74) is 8.90. The van der Waals surface area contributed by atoms with Crippen molar-refractivity contribution in [2.24, 2.45) is 5.92 Å². The van der Waals surface area contributed by atoms with Gasteiger partial charge in [0.15, 0.2) is 0 Å². The molecular weight excluding hydrogens is 400 g/mol. The Kier molecular flexibility index (Phi) is 5.26. The molecule has 2 aliphatic rings. The number of hydrogen-bond acceptors (Lipinski definition) is 8. The van der Waals surface area contributed by atoms with Crippen LogP contribution in [0.3, 0.4) is 0 Å². The molecule has 0 spiro atoms.